The standard InChI is InChI=1S/CH6N2O/c2-1(3)4/h1,4H,2-3H2/p+1. The molecule has 0 aliphatic carbocycles. The van der Waals surface area contributed by atoms with Gasteiger partial charge in [0, 0.05) is 0 Å². The Morgan fingerprint density at radius 2 is 2.00 bits per heavy atom. The molecular weight excluding hydrogens is 56.0 g/mol. The van der Waals surface area contributed by atoms with Crippen LogP contribution in [0.15, 0.2) is 0 Å². The van der Waals surface area contributed by atoms with E-state index >= 15 is 0 Å². The van der Waals surface area contributed by atoms with Crippen LogP contribution in [0.4, 0.5) is 0 Å². The summed E-state index contributed by atoms with van der Waals surface area (Å²) in [5, 5.41) is 7.72. The molecular formula is CH7N2O+. The summed E-state index contributed by atoms with van der Waals surface area (Å²) < 4.78 is 0. The SMILES string of the molecule is NC([NH3+])O. The predicted octanol–water partition coefficient (Wildman–Crippen LogP) is -2.54. The van der Waals surface area contributed by atoms with Crippen LogP contribution in [0.25, 0.3) is 0 Å². The average Bonchev–Trinajstić information content (AvgIpc) is 0.811. The molecule has 4 heavy (non-hydrogen) atoms. The fraction of sp³-hybridized carbons (Fsp3) is 1.00. The molecule has 3 heteroatoms. The Balaban J connectivity index is 2.32. The third-order valence-electron chi connectivity index (χ3n) is 0. The highest BCUT2D eigenvalue weighted by Gasteiger charge is 1.72. The Morgan fingerprint density at radius 1 is 2.00 bits per heavy atom. The van der Waals surface area contributed by atoms with Gasteiger partial charge in [-0.1, -0.05) is 0 Å². The van der Waals surface area contributed by atoms with Crippen LogP contribution >= 0.6 is 0 Å². The van der Waals surface area contributed by atoms with Crippen molar-refractivity contribution >= 4 is 0 Å². The summed E-state index contributed by atoms with van der Waals surface area (Å²) >= 11 is 0. The Morgan fingerprint density at radius 3 is 2.00 bits per heavy atom. The fourth-order valence-electron chi connectivity index (χ4n) is 0. The minimum atomic E-state index is -0.917. The van der Waals surface area contributed by atoms with Crippen LogP contribution in [0.2, 0.25) is 0 Å². The lowest BCUT2D eigenvalue weighted by Crippen LogP contribution is -2.65. The van der Waals surface area contributed by atoms with Gasteiger partial charge in [0.25, 0.3) is 0 Å². The topological polar surface area (TPSA) is 73.9 Å². The minimum absolute atomic E-state index is 0.917. The summed E-state index contributed by atoms with van der Waals surface area (Å²) in [5.74, 6) is 0. The lowest BCUT2D eigenvalue weighted by Gasteiger charge is -1.78. The van der Waals surface area contributed by atoms with E-state index in [0.717, 1.165) is 0 Å². The first-order chi connectivity index (χ1) is 1.73. The van der Waals surface area contributed by atoms with Gasteiger partial charge in [-0.05, 0) is 0 Å². The maximum absolute atomic E-state index is 7.72. The average molecular weight is 63.1 g/mol. The summed E-state index contributed by atoms with van der Waals surface area (Å²) in [6.07, 6.45) is -0.917. The zero-order chi connectivity index (χ0) is 3.58. The molecule has 0 rings (SSSR count). The molecule has 0 spiro atoms. The van der Waals surface area contributed by atoms with Gasteiger partial charge in [0.15, 0.2) is 0 Å². The lowest BCUT2D eigenvalue weighted by atomic mass is 11.1. The first-order valence-electron chi connectivity index (χ1n) is 1.000. The van der Waals surface area contributed by atoms with E-state index in [4.69, 9.17) is 5.11 Å². The zero-order valence-corrected chi connectivity index (χ0v) is 2.31. The molecule has 0 aliphatic heterocycles. The summed E-state index contributed by atoms with van der Waals surface area (Å²) in [6, 6.07) is 0. The van der Waals surface area contributed by atoms with Crippen molar-refractivity contribution in [2.45, 2.75) is 6.35 Å². The van der Waals surface area contributed by atoms with Crippen LogP contribution < -0.4 is 11.5 Å². The van der Waals surface area contributed by atoms with Gasteiger partial charge < -0.3 is 10.8 Å². The Bertz CT molecular complexity index is 10.8. The number of nitrogens with two attached hydrogens (primary N) is 1. The molecule has 0 amide bonds. The van der Waals surface area contributed by atoms with E-state index in [1.54, 1.807) is 0 Å². The number of quaternary nitrogens is 1. The maximum atomic E-state index is 7.72. The predicted molar refractivity (Wildman–Crippen MR) is 13.1 cm³/mol. The van der Waals surface area contributed by atoms with Crippen molar-refractivity contribution in [2.24, 2.45) is 5.73 Å². The third-order valence-corrected chi connectivity index (χ3v) is 0. The molecule has 3 nitrogen and oxygen atoms in total. The second-order valence-electron chi connectivity index (χ2n) is 0.567. The van der Waals surface area contributed by atoms with E-state index < -0.39 is 6.35 Å². The molecule has 1 atom stereocenters. The van der Waals surface area contributed by atoms with Gasteiger partial charge in [-0.3, -0.25) is 5.73 Å². The quantitative estimate of drug-likeness (QED) is 0.271. The maximum Gasteiger partial charge on any atom is 0.243 e. The largest absolute Gasteiger partial charge is 0.332 e. The first-order valence-corrected chi connectivity index (χ1v) is 1.000. The second-order valence-corrected chi connectivity index (χ2v) is 0.567. The van der Waals surface area contributed by atoms with E-state index in [9.17, 15) is 0 Å². The van der Waals surface area contributed by atoms with Crippen LogP contribution in [0.1, 0.15) is 0 Å². The molecule has 0 saturated carbocycles. The van der Waals surface area contributed by atoms with Gasteiger partial charge in [0.1, 0.15) is 0 Å². The van der Waals surface area contributed by atoms with Crippen molar-refractivity contribution in [3.05, 3.63) is 0 Å². The lowest BCUT2D eigenvalue weighted by molar-refractivity contribution is -0.480. The van der Waals surface area contributed by atoms with Gasteiger partial charge in [-0.15, -0.1) is 0 Å². The number of rotatable bonds is 0. The summed E-state index contributed by atoms with van der Waals surface area (Å²) in [7, 11) is 0. The molecule has 0 radical (unpaired) electrons. The van der Waals surface area contributed by atoms with Crippen LogP contribution in [0.3, 0.4) is 0 Å². The third kappa shape index (κ3) is 101. The van der Waals surface area contributed by atoms with E-state index in [2.05, 4.69) is 11.5 Å². The minimum Gasteiger partial charge on any atom is -0.332 e. The van der Waals surface area contributed by atoms with Crippen molar-refractivity contribution < 1.29 is 10.8 Å². The molecule has 0 aliphatic rings. The fourth-order valence-corrected chi connectivity index (χ4v) is 0. The van der Waals surface area contributed by atoms with Crippen molar-refractivity contribution in [3.63, 3.8) is 0 Å². The summed E-state index contributed by atoms with van der Waals surface area (Å²) in [6.45, 7) is 0. The van der Waals surface area contributed by atoms with Gasteiger partial charge in [0.2, 0.25) is 6.35 Å². The molecule has 0 fully saturated rings. The molecule has 1 unspecified atom stereocenters. The number of aliphatic hydroxyl groups excluding tert-OH is 1. The van der Waals surface area contributed by atoms with E-state index in [1.807, 2.05) is 0 Å². The van der Waals surface area contributed by atoms with Crippen molar-refractivity contribution in [3.8, 4) is 0 Å². The van der Waals surface area contributed by atoms with Crippen LogP contribution in [-0.4, -0.2) is 11.5 Å². The number of aliphatic hydroxyl groups is 1. The highest BCUT2D eigenvalue weighted by molar-refractivity contribution is 3.92. The normalized spacial score (nSPS) is 15.8. The first kappa shape index (κ1) is 3.88. The van der Waals surface area contributed by atoms with Crippen molar-refractivity contribution in [1.29, 1.82) is 0 Å². The Kier molecular flexibility index (Phi) is 1.19. The molecule has 0 aromatic heterocycles. The summed E-state index contributed by atoms with van der Waals surface area (Å²) in [4.78, 5) is 0. The van der Waals surface area contributed by atoms with Gasteiger partial charge >= 0.3 is 0 Å². The van der Waals surface area contributed by atoms with Crippen LogP contribution in [-0.2, 0) is 0 Å². The number of hydrogen-bond donors (Lipinski definition) is 3. The Labute approximate surface area is 24.2 Å². The van der Waals surface area contributed by atoms with Crippen LogP contribution in [0.5, 0.6) is 0 Å². The monoisotopic (exact) mass is 63.1 g/mol. The van der Waals surface area contributed by atoms with E-state index in [0.29, 0.717) is 0 Å². The van der Waals surface area contributed by atoms with Crippen molar-refractivity contribution in [2.75, 3.05) is 0 Å². The van der Waals surface area contributed by atoms with Crippen molar-refractivity contribution in [1.82, 2.24) is 0 Å². The van der Waals surface area contributed by atoms with Crippen LogP contribution in [0, 0.1) is 0 Å². The zero-order valence-electron chi connectivity index (χ0n) is 2.31. The Hall–Kier alpha value is -0.120. The highest BCUT2D eigenvalue weighted by Crippen LogP contribution is 1.22. The molecule has 0 aromatic carbocycles. The highest BCUT2D eigenvalue weighted by atomic mass is 16.3. The van der Waals surface area contributed by atoms with E-state index in [-0.39, 0.29) is 0 Å². The molecule has 0 bridgehead atoms. The molecule has 0 heterocycles. The molecule has 0 saturated heterocycles. The smallest absolute Gasteiger partial charge is 0.243 e. The van der Waals surface area contributed by atoms with E-state index in [1.165, 1.54) is 0 Å². The summed E-state index contributed by atoms with van der Waals surface area (Å²) in [5.41, 5.74) is 7.53. The molecule has 26 valence electrons. The van der Waals surface area contributed by atoms with Gasteiger partial charge in [-0.25, -0.2) is 0 Å². The van der Waals surface area contributed by atoms with Gasteiger partial charge in [0.05, 0.1) is 0 Å². The molecule has 6 N–H and O–H groups in total. The second kappa shape index (κ2) is 1.23. The van der Waals surface area contributed by atoms with Gasteiger partial charge in [-0.2, -0.15) is 0 Å². The molecule has 0 aromatic rings. The number of hydrogen-bond acceptors (Lipinski definition) is 2.